The fourth-order valence-electron chi connectivity index (χ4n) is 2.26. The molecule has 0 amide bonds. The highest BCUT2D eigenvalue weighted by Gasteiger charge is 2.13. The van der Waals surface area contributed by atoms with E-state index in [9.17, 15) is 5.21 Å². The lowest BCUT2D eigenvalue weighted by atomic mass is 10.2. The lowest BCUT2D eigenvalue weighted by Gasteiger charge is -2.03. The van der Waals surface area contributed by atoms with Gasteiger partial charge in [-0.05, 0) is 37.3 Å². The average Bonchev–Trinajstić information content (AvgIpc) is 2.93. The largest absolute Gasteiger partial charge is 0.426 e. The molecule has 0 radical (unpaired) electrons. The van der Waals surface area contributed by atoms with Gasteiger partial charge in [0.25, 0.3) is 0 Å². The molecule has 0 unspecified atom stereocenters. The number of nitrogens with two attached hydrogens (primary N) is 1. The lowest BCUT2D eigenvalue weighted by molar-refractivity contribution is -0.830. The Morgan fingerprint density at radius 3 is 2.50 bits per heavy atom. The summed E-state index contributed by atoms with van der Waals surface area (Å²) in [4.78, 5) is 18.3. The minimum atomic E-state index is 0.516. The van der Waals surface area contributed by atoms with E-state index in [4.69, 9.17) is 9.63 Å². The standard InChI is InChI=1S/C15H16N4O2.C2H4O/c1-16-11-5-3-10(4-6-11)15-17-13-8-7-12(18-21-2)9-14(13)19(15)20;1-2-3/h3-9,16,18,20H,1-2H3;2H,1H3/p+1. The van der Waals surface area contributed by atoms with Crippen LogP contribution >= 0.6 is 0 Å². The normalized spacial score (nSPS) is 10.1. The maximum Gasteiger partial charge on any atom is 0.176 e. The molecule has 0 aliphatic heterocycles. The first kappa shape index (κ1) is 17.5. The number of imidazole rings is 1. The second-order valence-corrected chi connectivity index (χ2v) is 4.91. The molecule has 24 heavy (non-hydrogen) atoms. The summed E-state index contributed by atoms with van der Waals surface area (Å²) in [6.45, 7) is 1.44. The van der Waals surface area contributed by atoms with E-state index in [0.717, 1.165) is 33.5 Å². The summed E-state index contributed by atoms with van der Waals surface area (Å²) in [5.41, 5.74) is 5.74. The number of nitrogens with one attached hydrogen (secondary N) is 1. The number of quaternary nitrogens is 1. The molecule has 126 valence electrons. The molecule has 0 saturated carbocycles. The highest BCUT2D eigenvalue weighted by atomic mass is 16.6. The number of benzene rings is 2. The number of carbonyl (C=O) groups is 1. The van der Waals surface area contributed by atoms with Gasteiger partial charge in [-0.25, -0.2) is 9.82 Å². The van der Waals surface area contributed by atoms with Crippen LogP contribution in [0.5, 0.6) is 0 Å². The number of nitrogens with zero attached hydrogens (tertiary/aromatic N) is 2. The number of aldehydes is 1. The van der Waals surface area contributed by atoms with E-state index < -0.39 is 0 Å². The van der Waals surface area contributed by atoms with Crippen LogP contribution in [-0.4, -0.2) is 35.4 Å². The number of hydrogen-bond acceptors (Lipinski definition) is 5. The zero-order valence-corrected chi connectivity index (χ0v) is 13.9. The summed E-state index contributed by atoms with van der Waals surface area (Å²) >= 11 is 0. The van der Waals surface area contributed by atoms with Crippen molar-refractivity contribution in [3.8, 4) is 11.4 Å². The smallest absolute Gasteiger partial charge is 0.176 e. The summed E-state index contributed by atoms with van der Waals surface area (Å²) in [6.07, 6.45) is 0.750. The minimum absolute atomic E-state index is 0.516. The first-order valence-electron chi connectivity index (χ1n) is 7.40. The quantitative estimate of drug-likeness (QED) is 0.294. The molecule has 0 aliphatic carbocycles. The Kier molecular flexibility index (Phi) is 5.89. The average molecular weight is 329 g/mol. The van der Waals surface area contributed by atoms with Crippen molar-refractivity contribution < 1.29 is 20.3 Å². The SMILES string of the molecule is CC=O.CNc1ccc(-c2nc3ccc([NH2+]OC)cc3n2O)cc1. The number of rotatable bonds is 4. The molecule has 1 heterocycles. The van der Waals surface area contributed by atoms with Gasteiger partial charge in [0.15, 0.2) is 11.5 Å². The number of anilines is 1. The van der Waals surface area contributed by atoms with Crippen molar-refractivity contribution in [2.24, 2.45) is 0 Å². The van der Waals surface area contributed by atoms with Crippen LogP contribution in [0.25, 0.3) is 22.4 Å². The van der Waals surface area contributed by atoms with E-state index >= 15 is 0 Å². The van der Waals surface area contributed by atoms with Crippen molar-refractivity contribution in [3.63, 3.8) is 0 Å². The fourth-order valence-corrected chi connectivity index (χ4v) is 2.26. The Morgan fingerprint density at radius 2 is 1.92 bits per heavy atom. The van der Waals surface area contributed by atoms with Crippen LogP contribution in [0.2, 0.25) is 0 Å². The highest BCUT2D eigenvalue weighted by Crippen LogP contribution is 2.25. The number of hydrogen-bond donors (Lipinski definition) is 3. The molecule has 2 aromatic carbocycles. The van der Waals surface area contributed by atoms with Crippen molar-refractivity contribution in [3.05, 3.63) is 42.5 Å². The van der Waals surface area contributed by atoms with Gasteiger partial charge in [0, 0.05) is 30.4 Å². The Hall–Kier alpha value is -2.90. The topological polar surface area (TPSA) is 93.0 Å². The highest BCUT2D eigenvalue weighted by molar-refractivity contribution is 5.82. The van der Waals surface area contributed by atoms with Gasteiger partial charge in [-0.15, -0.1) is 0 Å². The first-order valence-corrected chi connectivity index (χ1v) is 7.40. The molecule has 1 aromatic heterocycles. The molecule has 0 spiro atoms. The minimum Gasteiger partial charge on any atom is -0.426 e. The van der Waals surface area contributed by atoms with Crippen molar-refractivity contribution in [2.45, 2.75) is 6.92 Å². The van der Waals surface area contributed by atoms with E-state index in [1.165, 1.54) is 6.92 Å². The Labute approximate surface area is 139 Å². The molecule has 3 rings (SSSR count). The monoisotopic (exact) mass is 329 g/mol. The van der Waals surface area contributed by atoms with Gasteiger partial charge in [0.2, 0.25) is 0 Å². The van der Waals surface area contributed by atoms with Crippen molar-refractivity contribution >= 4 is 28.7 Å². The molecule has 0 saturated heterocycles. The van der Waals surface area contributed by atoms with Gasteiger partial charge in [0.1, 0.15) is 11.8 Å². The Balaban J connectivity index is 0.000000647. The molecule has 3 aromatic rings. The molecule has 0 atom stereocenters. The summed E-state index contributed by atoms with van der Waals surface area (Å²) < 4.78 is 1.11. The second-order valence-electron chi connectivity index (χ2n) is 4.91. The molecule has 0 fully saturated rings. The summed E-state index contributed by atoms with van der Waals surface area (Å²) in [5.74, 6) is 0.516. The zero-order valence-electron chi connectivity index (χ0n) is 13.9. The molecule has 4 N–H and O–H groups in total. The van der Waals surface area contributed by atoms with Crippen LogP contribution in [0.4, 0.5) is 11.4 Å². The van der Waals surface area contributed by atoms with Gasteiger partial charge in [0.05, 0.1) is 12.6 Å². The van der Waals surface area contributed by atoms with Crippen LogP contribution in [0, 0.1) is 0 Å². The van der Waals surface area contributed by atoms with Crippen molar-refractivity contribution in [1.29, 1.82) is 0 Å². The first-order chi connectivity index (χ1) is 11.6. The third-order valence-electron chi connectivity index (χ3n) is 3.34. The Bertz CT molecular complexity index is 813. The zero-order chi connectivity index (χ0) is 17.5. The maximum absolute atomic E-state index is 10.3. The van der Waals surface area contributed by atoms with E-state index in [1.807, 2.05) is 49.5 Å². The van der Waals surface area contributed by atoms with E-state index in [0.29, 0.717) is 11.3 Å². The molecular formula is C17H21N4O3+. The van der Waals surface area contributed by atoms with E-state index in [-0.39, 0.29) is 0 Å². The van der Waals surface area contributed by atoms with Gasteiger partial charge in [-0.1, -0.05) is 0 Å². The molecule has 0 bridgehead atoms. The lowest BCUT2D eigenvalue weighted by Crippen LogP contribution is -2.75. The summed E-state index contributed by atoms with van der Waals surface area (Å²) in [5, 5.41) is 13.4. The molecule has 7 heteroatoms. The predicted octanol–water partition coefficient (Wildman–Crippen LogP) is 1.94. The molecule has 7 nitrogen and oxygen atoms in total. The van der Waals surface area contributed by atoms with Crippen LogP contribution in [0.15, 0.2) is 42.5 Å². The van der Waals surface area contributed by atoms with Crippen LogP contribution in [0.1, 0.15) is 6.92 Å². The van der Waals surface area contributed by atoms with E-state index in [2.05, 4.69) is 10.3 Å². The Morgan fingerprint density at radius 1 is 1.25 bits per heavy atom. The van der Waals surface area contributed by atoms with Crippen molar-refractivity contribution in [1.82, 2.24) is 9.71 Å². The van der Waals surface area contributed by atoms with E-state index in [1.54, 1.807) is 12.6 Å². The van der Waals surface area contributed by atoms with Crippen LogP contribution in [0.3, 0.4) is 0 Å². The van der Waals surface area contributed by atoms with Crippen molar-refractivity contribution in [2.75, 3.05) is 19.5 Å². The van der Waals surface area contributed by atoms with Gasteiger partial charge >= 0.3 is 0 Å². The summed E-state index contributed by atoms with van der Waals surface area (Å²) in [6, 6.07) is 13.3. The molecule has 0 aliphatic rings. The van der Waals surface area contributed by atoms with Gasteiger partial charge < -0.3 is 15.3 Å². The maximum atomic E-state index is 10.3. The third kappa shape index (κ3) is 3.70. The summed E-state index contributed by atoms with van der Waals surface area (Å²) in [7, 11) is 3.46. The number of aromatic nitrogens is 2. The third-order valence-corrected chi connectivity index (χ3v) is 3.34. The molecular weight excluding hydrogens is 308 g/mol. The van der Waals surface area contributed by atoms with Crippen LogP contribution in [-0.2, 0) is 9.63 Å². The fraction of sp³-hybridized carbons (Fsp3) is 0.176. The number of carbonyl (C=O) groups excluding carboxylic acids is 1. The van der Waals surface area contributed by atoms with Gasteiger partial charge in [-0.3, -0.25) is 0 Å². The number of fused-ring (bicyclic) bond motifs is 1. The van der Waals surface area contributed by atoms with Crippen LogP contribution < -0.4 is 10.8 Å². The second kappa shape index (κ2) is 8.09. The van der Waals surface area contributed by atoms with Gasteiger partial charge in [-0.2, -0.15) is 10.2 Å². The predicted molar refractivity (Wildman–Crippen MR) is 92.2 cm³/mol.